The molecule has 0 fully saturated rings. The number of aromatic nitrogens is 2. The molecule has 0 aliphatic carbocycles. The van der Waals surface area contributed by atoms with E-state index >= 15 is 0 Å². The summed E-state index contributed by atoms with van der Waals surface area (Å²) >= 11 is 12.3. The highest BCUT2D eigenvalue weighted by Gasteiger charge is 2.11. The van der Waals surface area contributed by atoms with Crippen LogP contribution >= 0.6 is 23.2 Å². The Morgan fingerprint density at radius 3 is 2.47 bits per heavy atom. The lowest BCUT2D eigenvalue weighted by atomic mass is 10.1. The zero-order chi connectivity index (χ0) is 14.0. The normalized spacial score (nSPS) is 10.6. The predicted octanol–water partition coefficient (Wildman–Crippen LogP) is 4.33. The van der Waals surface area contributed by atoms with Gasteiger partial charge < -0.3 is 4.74 Å². The van der Waals surface area contributed by atoms with Gasteiger partial charge in [0.1, 0.15) is 10.9 Å². The largest absolute Gasteiger partial charge is 0.495 e. The van der Waals surface area contributed by atoms with E-state index in [1.807, 2.05) is 19.9 Å². The van der Waals surface area contributed by atoms with Gasteiger partial charge in [0.25, 0.3) is 0 Å². The molecule has 2 aromatic rings. The van der Waals surface area contributed by atoms with Gasteiger partial charge in [-0.2, -0.15) is 0 Å². The quantitative estimate of drug-likeness (QED) is 0.791. The first-order valence-electron chi connectivity index (χ1n) is 5.93. The van der Waals surface area contributed by atoms with Crippen molar-refractivity contribution >= 4 is 23.2 Å². The molecule has 19 heavy (non-hydrogen) atoms. The number of benzene rings is 1. The van der Waals surface area contributed by atoms with E-state index in [4.69, 9.17) is 27.9 Å². The minimum absolute atomic E-state index is 0.497. The van der Waals surface area contributed by atoms with Gasteiger partial charge in [-0.05, 0) is 31.5 Å². The molecule has 0 saturated carbocycles. The monoisotopic (exact) mass is 296 g/mol. The van der Waals surface area contributed by atoms with Crippen LogP contribution in [0.2, 0.25) is 10.2 Å². The van der Waals surface area contributed by atoms with Crippen molar-refractivity contribution in [1.82, 2.24) is 9.97 Å². The molecule has 5 heteroatoms. The second-order valence-corrected chi connectivity index (χ2v) is 4.87. The molecule has 0 amide bonds. The molecule has 0 bridgehead atoms. The molecular weight excluding hydrogens is 283 g/mol. The van der Waals surface area contributed by atoms with Crippen LogP contribution in [0.3, 0.4) is 0 Å². The molecule has 0 radical (unpaired) electrons. The Morgan fingerprint density at radius 2 is 1.95 bits per heavy atom. The van der Waals surface area contributed by atoms with Crippen molar-refractivity contribution in [2.75, 3.05) is 7.11 Å². The Hall–Kier alpha value is -1.32. The number of rotatable bonds is 3. The van der Waals surface area contributed by atoms with Crippen molar-refractivity contribution in [2.45, 2.75) is 20.3 Å². The molecule has 1 aromatic carbocycles. The van der Waals surface area contributed by atoms with Gasteiger partial charge in [-0.25, -0.2) is 9.97 Å². The highest BCUT2D eigenvalue weighted by Crippen LogP contribution is 2.30. The SMILES string of the molecule is CCc1c(C)nc(-c2ccc(OC)c(Cl)c2)nc1Cl. The van der Waals surface area contributed by atoms with Crippen molar-refractivity contribution in [3.05, 3.63) is 39.6 Å². The molecule has 0 aliphatic rings. The van der Waals surface area contributed by atoms with Crippen LogP contribution in [0.5, 0.6) is 5.75 Å². The Labute approximate surface area is 122 Å². The van der Waals surface area contributed by atoms with Crippen molar-refractivity contribution in [3.63, 3.8) is 0 Å². The molecule has 1 heterocycles. The zero-order valence-corrected chi connectivity index (χ0v) is 12.5. The van der Waals surface area contributed by atoms with Crippen LogP contribution < -0.4 is 4.74 Å². The molecule has 0 atom stereocenters. The average molecular weight is 297 g/mol. The Balaban J connectivity index is 2.50. The number of ether oxygens (including phenoxy) is 1. The first kappa shape index (κ1) is 14.1. The molecule has 3 nitrogen and oxygen atoms in total. The molecule has 0 saturated heterocycles. The van der Waals surface area contributed by atoms with Crippen LogP contribution in [0.4, 0.5) is 0 Å². The summed E-state index contributed by atoms with van der Waals surface area (Å²) in [4.78, 5) is 8.80. The molecule has 0 aliphatic heterocycles. The summed E-state index contributed by atoms with van der Waals surface area (Å²) in [7, 11) is 1.58. The maximum absolute atomic E-state index is 6.17. The fraction of sp³-hybridized carbons (Fsp3) is 0.286. The fourth-order valence-corrected chi connectivity index (χ4v) is 2.51. The van der Waals surface area contributed by atoms with Crippen LogP contribution in [-0.2, 0) is 6.42 Å². The number of nitrogens with zero attached hydrogens (tertiary/aromatic N) is 2. The van der Waals surface area contributed by atoms with Gasteiger partial charge in [0.05, 0.1) is 12.1 Å². The summed E-state index contributed by atoms with van der Waals surface area (Å²) in [5, 5.41) is 1.02. The van der Waals surface area contributed by atoms with E-state index in [0.717, 1.165) is 23.2 Å². The molecule has 0 unspecified atom stereocenters. The topological polar surface area (TPSA) is 35.0 Å². The van der Waals surface area contributed by atoms with Gasteiger partial charge in [0, 0.05) is 16.8 Å². The third-order valence-corrected chi connectivity index (χ3v) is 3.53. The minimum Gasteiger partial charge on any atom is -0.495 e. The Bertz CT molecular complexity index is 591. The summed E-state index contributed by atoms with van der Waals surface area (Å²) in [6.07, 6.45) is 0.814. The maximum atomic E-state index is 6.17. The minimum atomic E-state index is 0.497. The molecule has 0 spiro atoms. The van der Waals surface area contributed by atoms with Gasteiger partial charge in [-0.1, -0.05) is 30.1 Å². The first-order valence-corrected chi connectivity index (χ1v) is 6.69. The van der Waals surface area contributed by atoms with Crippen LogP contribution in [0, 0.1) is 6.92 Å². The highest BCUT2D eigenvalue weighted by molar-refractivity contribution is 6.32. The van der Waals surface area contributed by atoms with Gasteiger partial charge in [-0.15, -0.1) is 0 Å². The second kappa shape index (κ2) is 5.76. The highest BCUT2D eigenvalue weighted by atomic mass is 35.5. The predicted molar refractivity (Wildman–Crippen MR) is 78.2 cm³/mol. The van der Waals surface area contributed by atoms with Gasteiger partial charge in [-0.3, -0.25) is 0 Å². The van der Waals surface area contributed by atoms with E-state index in [9.17, 15) is 0 Å². The van der Waals surface area contributed by atoms with Crippen molar-refractivity contribution in [2.24, 2.45) is 0 Å². The van der Waals surface area contributed by atoms with Crippen LogP contribution in [0.25, 0.3) is 11.4 Å². The average Bonchev–Trinajstić information content (AvgIpc) is 2.38. The Morgan fingerprint density at radius 1 is 1.21 bits per heavy atom. The zero-order valence-electron chi connectivity index (χ0n) is 11.0. The van der Waals surface area contributed by atoms with E-state index in [1.54, 1.807) is 19.2 Å². The summed E-state index contributed by atoms with van der Waals surface area (Å²) in [6.45, 7) is 3.96. The van der Waals surface area contributed by atoms with Crippen LogP contribution in [-0.4, -0.2) is 17.1 Å². The van der Waals surface area contributed by atoms with Crippen molar-refractivity contribution in [1.29, 1.82) is 0 Å². The van der Waals surface area contributed by atoms with Gasteiger partial charge in [0.2, 0.25) is 0 Å². The van der Waals surface area contributed by atoms with E-state index in [1.165, 1.54) is 0 Å². The molecular formula is C14H14Cl2N2O. The third kappa shape index (κ3) is 2.82. The smallest absolute Gasteiger partial charge is 0.161 e. The van der Waals surface area contributed by atoms with E-state index in [0.29, 0.717) is 21.7 Å². The summed E-state index contributed by atoms with van der Waals surface area (Å²) in [5.41, 5.74) is 2.69. The van der Waals surface area contributed by atoms with Crippen LogP contribution in [0.1, 0.15) is 18.2 Å². The van der Waals surface area contributed by atoms with Crippen molar-refractivity contribution < 1.29 is 4.74 Å². The molecule has 100 valence electrons. The lowest BCUT2D eigenvalue weighted by Gasteiger charge is -2.09. The molecule has 0 N–H and O–H groups in total. The maximum Gasteiger partial charge on any atom is 0.161 e. The summed E-state index contributed by atoms with van der Waals surface area (Å²) in [6, 6.07) is 5.43. The number of aryl methyl sites for hydroxylation is 1. The van der Waals surface area contributed by atoms with E-state index in [2.05, 4.69) is 9.97 Å². The summed E-state index contributed by atoms with van der Waals surface area (Å²) < 4.78 is 5.12. The lowest BCUT2D eigenvalue weighted by Crippen LogP contribution is -1.99. The van der Waals surface area contributed by atoms with Gasteiger partial charge >= 0.3 is 0 Å². The Kier molecular flexibility index (Phi) is 4.27. The molecule has 2 rings (SSSR count). The summed E-state index contributed by atoms with van der Waals surface area (Å²) in [5.74, 6) is 1.20. The number of hydrogen-bond acceptors (Lipinski definition) is 3. The number of hydrogen-bond donors (Lipinski definition) is 0. The van der Waals surface area contributed by atoms with Crippen molar-refractivity contribution in [3.8, 4) is 17.1 Å². The standard InChI is InChI=1S/C14H14Cl2N2O/c1-4-10-8(2)17-14(18-13(10)16)9-5-6-12(19-3)11(15)7-9/h5-7H,4H2,1-3H3. The van der Waals surface area contributed by atoms with Gasteiger partial charge in [0.15, 0.2) is 5.82 Å². The lowest BCUT2D eigenvalue weighted by molar-refractivity contribution is 0.415. The third-order valence-electron chi connectivity index (χ3n) is 2.93. The first-order chi connectivity index (χ1) is 9.06. The van der Waals surface area contributed by atoms with E-state index < -0.39 is 0 Å². The number of halogens is 2. The fourth-order valence-electron chi connectivity index (χ4n) is 1.90. The molecule has 1 aromatic heterocycles. The van der Waals surface area contributed by atoms with E-state index in [-0.39, 0.29) is 0 Å². The number of methoxy groups -OCH3 is 1. The second-order valence-electron chi connectivity index (χ2n) is 4.10. The van der Waals surface area contributed by atoms with Crippen LogP contribution in [0.15, 0.2) is 18.2 Å².